The molecular weight excluding hydrogens is 383 g/mol. The second-order valence-electron chi connectivity index (χ2n) is 5.80. The number of aliphatic imine (C=N–C) groups is 1. The minimum absolute atomic E-state index is 0.0439. The summed E-state index contributed by atoms with van der Waals surface area (Å²) < 4.78 is 45.8. The fourth-order valence-corrected chi connectivity index (χ4v) is 2.53. The number of benzene rings is 1. The van der Waals surface area contributed by atoms with Crippen molar-refractivity contribution in [1.82, 2.24) is 20.0 Å². The Balaban J connectivity index is 1.88. The summed E-state index contributed by atoms with van der Waals surface area (Å²) in [5.74, 6) is 1.13. The highest BCUT2D eigenvalue weighted by Gasteiger charge is 2.36. The Kier molecular flexibility index (Phi) is 6.95. The molecule has 1 N–H and O–H groups in total. The minimum atomic E-state index is -4.50. The third-order valence-corrected chi connectivity index (χ3v) is 3.94. The molecule has 0 aliphatic carbocycles. The zero-order valence-electron chi connectivity index (χ0n) is 15.2. The number of hydrogen-bond acceptors (Lipinski definition) is 3. The van der Waals surface area contributed by atoms with Crippen LogP contribution in [-0.2, 0) is 19.8 Å². The Hall–Kier alpha value is -2.42. The van der Waals surface area contributed by atoms with Gasteiger partial charge in [-0.15, -0.1) is 0 Å². The third-order valence-electron chi connectivity index (χ3n) is 3.69. The van der Waals surface area contributed by atoms with Gasteiger partial charge in [-0.25, -0.2) is 0 Å². The van der Waals surface area contributed by atoms with E-state index in [2.05, 4.69) is 15.4 Å². The maximum Gasteiger partial charge on any atom is 0.435 e. The van der Waals surface area contributed by atoms with Crippen molar-refractivity contribution in [1.29, 1.82) is 0 Å². The summed E-state index contributed by atoms with van der Waals surface area (Å²) in [6.07, 6.45) is -3.16. The van der Waals surface area contributed by atoms with Crippen LogP contribution in [0.15, 0.2) is 35.5 Å². The molecule has 148 valence electrons. The van der Waals surface area contributed by atoms with Crippen molar-refractivity contribution in [3.63, 3.8) is 0 Å². The Morgan fingerprint density at radius 1 is 1.33 bits per heavy atom. The molecule has 0 aliphatic heterocycles. The quantitative estimate of drug-likeness (QED) is 0.594. The number of aromatic nitrogens is 2. The van der Waals surface area contributed by atoms with Crippen molar-refractivity contribution in [2.45, 2.75) is 12.7 Å². The third kappa shape index (κ3) is 6.06. The predicted molar refractivity (Wildman–Crippen MR) is 98.0 cm³/mol. The molecule has 2 aromatic rings. The lowest BCUT2D eigenvalue weighted by Crippen LogP contribution is -2.40. The Morgan fingerprint density at radius 2 is 2.00 bits per heavy atom. The van der Waals surface area contributed by atoms with E-state index in [1.54, 1.807) is 43.3 Å². The second-order valence-corrected chi connectivity index (χ2v) is 6.24. The molecule has 0 amide bonds. The molecule has 2 rings (SSSR count). The van der Waals surface area contributed by atoms with Crippen molar-refractivity contribution in [2.75, 3.05) is 27.2 Å². The van der Waals surface area contributed by atoms with Crippen LogP contribution in [0.25, 0.3) is 0 Å². The van der Waals surface area contributed by atoms with Gasteiger partial charge in [-0.3, -0.25) is 9.67 Å². The lowest BCUT2D eigenvalue weighted by atomic mass is 10.2. The number of nitrogens with zero attached hydrogens (tertiary/aromatic N) is 4. The zero-order chi connectivity index (χ0) is 20.0. The fourth-order valence-electron chi connectivity index (χ4n) is 2.40. The molecule has 1 aromatic carbocycles. The number of guanidine groups is 1. The first-order valence-electron chi connectivity index (χ1n) is 8.10. The van der Waals surface area contributed by atoms with Gasteiger partial charge in [0.1, 0.15) is 12.4 Å². The van der Waals surface area contributed by atoms with Crippen molar-refractivity contribution in [3.05, 3.63) is 46.7 Å². The molecule has 0 spiro atoms. The lowest BCUT2D eigenvalue weighted by molar-refractivity contribution is -0.142. The molecule has 6 nitrogen and oxygen atoms in total. The zero-order valence-corrected chi connectivity index (χ0v) is 16.0. The van der Waals surface area contributed by atoms with E-state index in [9.17, 15) is 13.2 Å². The molecule has 0 fully saturated rings. The van der Waals surface area contributed by atoms with Crippen LogP contribution in [0.3, 0.4) is 0 Å². The Bertz CT molecular complexity index is 774. The predicted octanol–water partition coefficient (Wildman–Crippen LogP) is 3.18. The second kappa shape index (κ2) is 8.98. The smallest absolute Gasteiger partial charge is 0.435 e. The largest absolute Gasteiger partial charge is 0.492 e. The number of ether oxygens (including phenoxy) is 1. The number of alkyl halides is 3. The van der Waals surface area contributed by atoms with E-state index in [4.69, 9.17) is 16.3 Å². The van der Waals surface area contributed by atoms with E-state index in [-0.39, 0.29) is 12.1 Å². The summed E-state index contributed by atoms with van der Waals surface area (Å²) in [4.78, 5) is 5.85. The van der Waals surface area contributed by atoms with Crippen LogP contribution in [-0.4, -0.2) is 47.9 Å². The van der Waals surface area contributed by atoms with Crippen molar-refractivity contribution in [2.24, 2.45) is 12.0 Å². The van der Waals surface area contributed by atoms with Crippen LogP contribution in [0, 0.1) is 0 Å². The van der Waals surface area contributed by atoms with Gasteiger partial charge < -0.3 is 15.0 Å². The highest BCUT2D eigenvalue weighted by Crippen LogP contribution is 2.30. The standard InChI is InChI=1S/C17H21ClF3N5O/c1-22-16(23-10-12-11-26(3)24-15(12)17(19,20)21)25(2)8-9-27-14-6-4-13(18)5-7-14/h4-7,11H,8-10H2,1-3H3,(H,22,23). The van der Waals surface area contributed by atoms with Crippen LogP contribution in [0.5, 0.6) is 5.75 Å². The highest BCUT2D eigenvalue weighted by atomic mass is 35.5. The van der Waals surface area contributed by atoms with E-state index >= 15 is 0 Å². The Morgan fingerprint density at radius 3 is 2.59 bits per heavy atom. The first-order valence-corrected chi connectivity index (χ1v) is 8.48. The summed E-state index contributed by atoms with van der Waals surface area (Å²) in [6.45, 7) is 0.818. The number of nitrogens with one attached hydrogen (secondary N) is 1. The molecular formula is C17H21ClF3N5O. The molecule has 27 heavy (non-hydrogen) atoms. The SMILES string of the molecule is CN=C(NCc1cn(C)nc1C(F)(F)F)N(C)CCOc1ccc(Cl)cc1. The highest BCUT2D eigenvalue weighted by molar-refractivity contribution is 6.30. The molecule has 0 saturated heterocycles. The fraction of sp³-hybridized carbons (Fsp3) is 0.412. The van der Waals surface area contributed by atoms with Gasteiger partial charge in [0.25, 0.3) is 0 Å². The van der Waals surface area contributed by atoms with Gasteiger partial charge in [-0.05, 0) is 24.3 Å². The minimum Gasteiger partial charge on any atom is -0.492 e. The van der Waals surface area contributed by atoms with E-state index < -0.39 is 11.9 Å². The van der Waals surface area contributed by atoms with Gasteiger partial charge in [0, 0.05) is 44.5 Å². The van der Waals surface area contributed by atoms with Gasteiger partial charge in [0.05, 0.1) is 6.54 Å². The van der Waals surface area contributed by atoms with E-state index in [1.165, 1.54) is 13.2 Å². The number of halogens is 4. The summed E-state index contributed by atoms with van der Waals surface area (Å²) in [5, 5.41) is 7.03. The molecule has 0 unspecified atom stereocenters. The first-order chi connectivity index (χ1) is 12.7. The molecule has 0 atom stereocenters. The summed E-state index contributed by atoms with van der Waals surface area (Å²) >= 11 is 5.82. The summed E-state index contributed by atoms with van der Waals surface area (Å²) in [7, 11) is 4.79. The van der Waals surface area contributed by atoms with Gasteiger partial charge in [0.15, 0.2) is 11.7 Å². The van der Waals surface area contributed by atoms with Crippen molar-refractivity contribution in [3.8, 4) is 5.75 Å². The van der Waals surface area contributed by atoms with E-state index in [0.717, 1.165) is 4.68 Å². The van der Waals surface area contributed by atoms with Crippen molar-refractivity contribution >= 4 is 17.6 Å². The van der Waals surface area contributed by atoms with Gasteiger partial charge in [-0.2, -0.15) is 18.3 Å². The normalized spacial score (nSPS) is 12.2. The van der Waals surface area contributed by atoms with Crippen LogP contribution in [0.2, 0.25) is 5.02 Å². The first kappa shape index (κ1) is 20.9. The molecule has 0 radical (unpaired) electrons. The number of rotatable bonds is 6. The molecule has 0 saturated carbocycles. The topological polar surface area (TPSA) is 54.7 Å². The van der Waals surface area contributed by atoms with Crippen LogP contribution >= 0.6 is 11.6 Å². The monoisotopic (exact) mass is 403 g/mol. The lowest BCUT2D eigenvalue weighted by Gasteiger charge is -2.22. The number of hydrogen-bond donors (Lipinski definition) is 1. The van der Waals surface area contributed by atoms with Gasteiger partial charge in [0.2, 0.25) is 0 Å². The van der Waals surface area contributed by atoms with Crippen LogP contribution < -0.4 is 10.1 Å². The molecule has 0 bridgehead atoms. The summed E-state index contributed by atoms with van der Waals surface area (Å²) in [5.41, 5.74) is -0.848. The Labute approximate surface area is 160 Å². The molecule has 1 heterocycles. The van der Waals surface area contributed by atoms with E-state index in [0.29, 0.717) is 29.9 Å². The van der Waals surface area contributed by atoms with E-state index in [1.807, 2.05) is 0 Å². The summed E-state index contributed by atoms with van der Waals surface area (Å²) in [6, 6.07) is 6.98. The van der Waals surface area contributed by atoms with Crippen LogP contribution in [0.1, 0.15) is 11.3 Å². The maximum absolute atomic E-state index is 13.0. The molecule has 0 aliphatic rings. The average molecular weight is 404 g/mol. The molecule has 10 heteroatoms. The van der Waals surface area contributed by atoms with Crippen molar-refractivity contribution < 1.29 is 17.9 Å². The molecule has 1 aromatic heterocycles. The average Bonchev–Trinajstić information content (AvgIpc) is 2.98. The van der Waals surface area contributed by atoms with Crippen LogP contribution in [0.4, 0.5) is 13.2 Å². The van der Waals surface area contributed by atoms with Gasteiger partial charge >= 0.3 is 6.18 Å². The number of likely N-dealkylation sites (N-methyl/N-ethyl adjacent to an activating group) is 1. The number of aryl methyl sites for hydroxylation is 1. The maximum atomic E-state index is 13.0. The van der Waals surface area contributed by atoms with Gasteiger partial charge in [-0.1, -0.05) is 11.6 Å².